The third-order valence-electron chi connectivity index (χ3n) is 6.42. The molecule has 1 saturated heterocycles. The number of para-hydroxylation sites is 1. The van der Waals surface area contributed by atoms with Crippen LogP contribution >= 0.6 is 0 Å². The predicted molar refractivity (Wildman–Crippen MR) is 130 cm³/mol. The van der Waals surface area contributed by atoms with Gasteiger partial charge in [0, 0.05) is 48.8 Å². The first-order valence-electron chi connectivity index (χ1n) is 11.4. The molecule has 0 atom stereocenters. The van der Waals surface area contributed by atoms with Gasteiger partial charge in [-0.2, -0.15) is 0 Å². The van der Waals surface area contributed by atoms with E-state index in [-0.39, 0.29) is 11.8 Å². The number of carbonyl (C=O) groups excluding carboxylic acids is 2. The zero-order chi connectivity index (χ0) is 22.6. The van der Waals surface area contributed by atoms with Crippen molar-refractivity contribution in [3.63, 3.8) is 0 Å². The van der Waals surface area contributed by atoms with E-state index in [1.807, 2.05) is 82.7 Å². The molecule has 1 aromatic heterocycles. The van der Waals surface area contributed by atoms with Crippen LogP contribution in [0.3, 0.4) is 0 Å². The summed E-state index contributed by atoms with van der Waals surface area (Å²) < 4.78 is 0. The largest absolute Gasteiger partial charge is 0.361 e. The van der Waals surface area contributed by atoms with Crippen LogP contribution in [0.4, 0.5) is 0 Å². The van der Waals surface area contributed by atoms with Crippen LogP contribution in [0.15, 0.2) is 85.1 Å². The van der Waals surface area contributed by atoms with E-state index < -0.39 is 0 Å². The van der Waals surface area contributed by atoms with Crippen molar-refractivity contribution in [2.45, 2.75) is 12.8 Å². The number of benzene rings is 3. The van der Waals surface area contributed by atoms with E-state index in [0.29, 0.717) is 32.6 Å². The normalized spacial score (nSPS) is 13.9. The van der Waals surface area contributed by atoms with Crippen molar-refractivity contribution in [2.24, 2.45) is 0 Å². The van der Waals surface area contributed by atoms with Crippen molar-refractivity contribution in [2.75, 3.05) is 26.2 Å². The van der Waals surface area contributed by atoms with Gasteiger partial charge in [0.25, 0.3) is 5.91 Å². The fraction of sp³-hybridized carbons (Fsp3) is 0.214. The van der Waals surface area contributed by atoms with E-state index in [2.05, 4.69) is 17.1 Å². The summed E-state index contributed by atoms with van der Waals surface area (Å²) in [5.74, 6) is 0.154. The summed E-state index contributed by atoms with van der Waals surface area (Å²) in [5.41, 5.74) is 5.03. The van der Waals surface area contributed by atoms with Gasteiger partial charge in [0.15, 0.2) is 0 Å². The maximum absolute atomic E-state index is 13.3. The third-order valence-corrected chi connectivity index (χ3v) is 6.42. The van der Waals surface area contributed by atoms with E-state index in [4.69, 9.17) is 0 Å². The number of H-pyrrole nitrogens is 1. The van der Waals surface area contributed by atoms with Crippen molar-refractivity contribution in [3.05, 3.63) is 107 Å². The molecule has 1 aliphatic heterocycles. The lowest BCUT2D eigenvalue weighted by atomic mass is 9.99. The van der Waals surface area contributed by atoms with Crippen molar-refractivity contribution in [3.8, 4) is 0 Å². The second-order valence-electron chi connectivity index (χ2n) is 8.53. The lowest BCUT2D eigenvalue weighted by Crippen LogP contribution is -2.51. The average molecular weight is 438 g/mol. The summed E-state index contributed by atoms with van der Waals surface area (Å²) in [5, 5.41) is 1.09. The van der Waals surface area contributed by atoms with Crippen LogP contribution < -0.4 is 0 Å². The topological polar surface area (TPSA) is 56.4 Å². The second-order valence-corrected chi connectivity index (χ2v) is 8.53. The van der Waals surface area contributed by atoms with Crippen LogP contribution in [0.1, 0.15) is 27.0 Å². The summed E-state index contributed by atoms with van der Waals surface area (Å²) in [7, 11) is 0. The molecule has 2 amide bonds. The van der Waals surface area contributed by atoms with Crippen LogP contribution in [0, 0.1) is 0 Å². The van der Waals surface area contributed by atoms with Crippen LogP contribution in [-0.2, 0) is 17.6 Å². The van der Waals surface area contributed by atoms with E-state index in [0.717, 1.165) is 34.0 Å². The Morgan fingerprint density at radius 2 is 1.39 bits per heavy atom. The lowest BCUT2D eigenvalue weighted by molar-refractivity contribution is -0.131. The van der Waals surface area contributed by atoms with Gasteiger partial charge >= 0.3 is 0 Å². The maximum atomic E-state index is 13.3. The Kier molecular flexibility index (Phi) is 5.94. The zero-order valence-electron chi connectivity index (χ0n) is 18.5. The molecule has 166 valence electrons. The van der Waals surface area contributed by atoms with Gasteiger partial charge < -0.3 is 14.8 Å². The fourth-order valence-corrected chi connectivity index (χ4v) is 4.58. The highest BCUT2D eigenvalue weighted by Gasteiger charge is 2.26. The zero-order valence-corrected chi connectivity index (χ0v) is 18.5. The molecule has 0 unspecified atom stereocenters. The predicted octanol–water partition coefficient (Wildman–Crippen LogP) is 4.29. The summed E-state index contributed by atoms with van der Waals surface area (Å²) in [4.78, 5) is 33.2. The van der Waals surface area contributed by atoms with Gasteiger partial charge in [-0.15, -0.1) is 0 Å². The summed E-state index contributed by atoms with van der Waals surface area (Å²) in [6, 6.07) is 26.1. The summed E-state index contributed by atoms with van der Waals surface area (Å²) >= 11 is 0. The molecule has 5 heteroatoms. The number of piperazine rings is 1. The molecule has 5 nitrogen and oxygen atoms in total. The Hall–Kier alpha value is -3.86. The molecule has 0 bridgehead atoms. The molecule has 2 heterocycles. The molecule has 1 aliphatic rings. The van der Waals surface area contributed by atoms with Gasteiger partial charge in [-0.25, -0.2) is 0 Å². The monoisotopic (exact) mass is 437 g/mol. The molecule has 0 spiro atoms. The number of nitrogens with one attached hydrogen (secondary N) is 1. The smallest absolute Gasteiger partial charge is 0.254 e. The molecule has 0 radical (unpaired) electrons. The first-order chi connectivity index (χ1) is 16.2. The van der Waals surface area contributed by atoms with E-state index in [9.17, 15) is 9.59 Å². The third kappa shape index (κ3) is 4.53. The van der Waals surface area contributed by atoms with Gasteiger partial charge in [-0.1, -0.05) is 66.7 Å². The molecule has 33 heavy (non-hydrogen) atoms. The molecule has 3 aromatic carbocycles. The van der Waals surface area contributed by atoms with Gasteiger partial charge in [0.1, 0.15) is 0 Å². The number of aromatic amines is 1. The van der Waals surface area contributed by atoms with Crippen LogP contribution in [0.2, 0.25) is 0 Å². The van der Waals surface area contributed by atoms with E-state index >= 15 is 0 Å². The number of nitrogens with zero attached hydrogens (tertiary/aromatic N) is 2. The van der Waals surface area contributed by atoms with E-state index in [1.54, 1.807) is 0 Å². The van der Waals surface area contributed by atoms with Crippen LogP contribution in [0.25, 0.3) is 10.9 Å². The highest BCUT2D eigenvalue weighted by Crippen LogP contribution is 2.20. The van der Waals surface area contributed by atoms with Crippen LogP contribution in [0.5, 0.6) is 0 Å². The van der Waals surface area contributed by atoms with Gasteiger partial charge in [0.05, 0.1) is 6.42 Å². The highest BCUT2D eigenvalue weighted by atomic mass is 16.2. The Balaban J connectivity index is 1.22. The number of fused-ring (bicyclic) bond motifs is 1. The Bertz CT molecular complexity index is 1270. The number of amides is 2. The number of rotatable bonds is 5. The number of aromatic nitrogens is 1. The van der Waals surface area contributed by atoms with Gasteiger partial charge in [-0.05, 0) is 35.2 Å². The molecule has 0 aliphatic carbocycles. The minimum atomic E-state index is 0.0465. The van der Waals surface area contributed by atoms with Crippen molar-refractivity contribution in [1.82, 2.24) is 14.8 Å². The number of hydrogen-bond donors (Lipinski definition) is 1. The molecule has 4 aromatic rings. The number of hydrogen-bond acceptors (Lipinski definition) is 2. The fourth-order valence-electron chi connectivity index (χ4n) is 4.58. The minimum absolute atomic E-state index is 0.0465. The average Bonchev–Trinajstić information content (AvgIpc) is 3.27. The highest BCUT2D eigenvalue weighted by molar-refractivity contribution is 5.96. The molecule has 0 saturated carbocycles. The standard InChI is InChI=1S/C28H27N3O2/c32-27(19-23-20-29-26-13-7-6-11-24(23)26)30-14-16-31(17-15-30)28(33)25-12-5-4-10-22(25)18-21-8-2-1-3-9-21/h1-13,20,29H,14-19H2. The van der Waals surface area contributed by atoms with Crippen molar-refractivity contribution in [1.29, 1.82) is 0 Å². The molecular formula is C28H27N3O2. The SMILES string of the molecule is O=C(Cc1c[nH]c2ccccc12)N1CCN(C(=O)c2ccccc2Cc2ccccc2)CC1. The quantitative estimate of drug-likeness (QED) is 0.507. The summed E-state index contributed by atoms with van der Waals surface area (Å²) in [6.45, 7) is 2.23. The maximum Gasteiger partial charge on any atom is 0.254 e. The van der Waals surface area contributed by atoms with Crippen LogP contribution in [-0.4, -0.2) is 52.8 Å². The van der Waals surface area contributed by atoms with Gasteiger partial charge in [-0.3, -0.25) is 9.59 Å². The molecule has 5 rings (SSSR count). The van der Waals surface area contributed by atoms with E-state index in [1.165, 1.54) is 5.56 Å². The first kappa shape index (κ1) is 21.0. The first-order valence-corrected chi connectivity index (χ1v) is 11.4. The van der Waals surface area contributed by atoms with Crippen molar-refractivity contribution < 1.29 is 9.59 Å². The lowest BCUT2D eigenvalue weighted by Gasteiger charge is -2.35. The second kappa shape index (κ2) is 9.33. The number of carbonyl (C=O) groups is 2. The van der Waals surface area contributed by atoms with Crippen molar-refractivity contribution >= 4 is 22.7 Å². The molecular weight excluding hydrogens is 410 g/mol. The Labute approximate surface area is 193 Å². The molecule has 1 N–H and O–H groups in total. The summed E-state index contributed by atoms with van der Waals surface area (Å²) in [6.07, 6.45) is 3.02. The van der Waals surface area contributed by atoms with Gasteiger partial charge in [0.2, 0.25) is 5.91 Å². The Morgan fingerprint density at radius 3 is 2.21 bits per heavy atom. The Morgan fingerprint density at radius 1 is 0.727 bits per heavy atom. The minimum Gasteiger partial charge on any atom is -0.361 e. The molecule has 1 fully saturated rings.